The third-order valence-electron chi connectivity index (χ3n) is 4.50. The highest BCUT2D eigenvalue weighted by atomic mass is 16.3. The molecule has 23 heavy (non-hydrogen) atoms. The van der Waals surface area contributed by atoms with Crippen LogP contribution in [0.15, 0.2) is 24.3 Å². The monoisotopic (exact) mass is 320 g/mol. The van der Waals surface area contributed by atoms with Gasteiger partial charge >= 0.3 is 0 Å². The molecule has 1 aromatic carbocycles. The molecule has 0 bridgehead atoms. The Balaban J connectivity index is 1.97. The minimum absolute atomic E-state index is 0.0127. The number of carbonyl (C=O) groups excluding carboxylic acids is 1. The number of piperazine rings is 1. The third kappa shape index (κ3) is 5.03. The molecule has 1 atom stereocenters. The van der Waals surface area contributed by atoms with Crippen molar-refractivity contribution in [2.75, 3.05) is 33.3 Å². The fourth-order valence-electron chi connectivity index (χ4n) is 2.77. The Kier molecular flexibility index (Phi) is 5.79. The zero-order chi connectivity index (χ0) is 17.0. The lowest BCUT2D eigenvalue weighted by atomic mass is 9.98. The second-order valence-corrected chi connectivity index (χ2v) is 7.08. The van der Waals surface area contributed by atoms with Crippen LogP contribution in [0.5, 0.6) is 0 Å². The van der Waals surface area contributed by atoms with Gasteiger partial charge in [-0.15, -0.1) is 0 Å². The second-order valence-electron chi connectivity index (χ2n) is 7.08. The highest BCUT2D eigenvalue weighted by Gasteiger charge is 2.27. The third-order valence-corrected chi connectivity index (χ3v) is 4.50. The van der Waals surface area contributed by atoms with E-state index in [1.807, 2.05) is 36.2 Å². The maximum atomic E-state index is 12.6. The van der Waals surface area contributed by atoms with E-state index in [1.54, 1.807) is 13.8 Å². The van der Waals surface area contributed by atoms with Crippen molar-refractivity contribution in [2.24, 2.45) is 0 Å². The van der Waals surface area contributed by atoms with Gasteiger partial charge in [0.05, 0.1) is 18.2 Å². The van der Waals surface area contributed by atoms with E-state index in [-0.39, 0.29) is 18.6 Å². The Morgan fingerprint density at radius 1 is 1.26 bits per heavy atom. The number of aryl methyl sites for hydroxylation is 1. The van der Waals surface area contributed by atoms with E-state index in [9.17, 15) is 15.0 Å². The molecule has 0 radical (unpaired) electrons. The van der Waals surface area contributed by atoms with Crippen LogP contribution in [0.4, 0.5) is 0 Å². The van der Waals surface area contributed by atoms with E-state index in [2.05, 4.69) is 4.90 Å². The molecule has 1 heterocycles. The van der Waals surface area contributed by atoms with Crippen LogP contribution >= 0.6 is 0 Å². The van der Waals surface area contributed by atoms with Crippen molar-refractivity contribution in [3.8, 4) is 0 Å². The number of benzene rings is 1. The number of carbonyl (C=O) groups is 1. The summed E-state index contributed by atoms with van der Waals surface area (Å²) in [5.41, 5.74) is 1.13. The number of aliphatic hydroxyl groups excluding tert-OH is 1. The van der Waals surface area contributed by atoms with Crippen molar-refractivity contribution in [1.29, 1.82) is 0 Å². The molecule has 128 valence electrons. The molecule has 5 heteroatoms. The molecule has 1 aliphatic rings. The second kappa shape index (κ2) is 7.43. The first kappa shape index (κ1) is 17.9. The molecule has 1 fully saturated rings. The number of amides is 1. The summed E-state index contributed by atoms with van der Waals surface area (Å²) in [6, 6.07) is 7.64. The molecule has 0 aliphatic carbocycles. The number of hydrogen-bond acceptors (Lipinski definition) is 4. The largest absolute Gasteiger partial charge is 0.395 e. The van der Waals surface area contributed by atoms with Gasteiger partial charge in [-0.3, -0.25) is 9.69 Å². The summed E-state index contributed by atoms with van der Waals surface area (Å²) in [6.07, 6.45) is 1.48. The van der Waals surface area contributed by atoms with Crippen LogP contribution < -0.4 is 0 Å². The van der Waals surface area contributed by atoms with Gasteiger partial charge in [0.1, 0.15) is 0 Å². The number of nitrogens with zero attached hydrogens (tertiary/aromatic N) is 2. The number of rotatable bonds is 5. The van der Waals surface area contributed by atoms with Crippen molar-refractivity contribution in [3.05, 3.63) is 35.4 Å². The Labute approximate surface area is 138 Å². The van der Waals surface area contributed by atoms with Crippen LogP contribution in [0.25, 0.3) is 0 Å². The number of aliphatic hydroxyl groups is 2. The van der Waals surface area contributed by atoms with Gasteiger partial charge in [0.25, 0.3) is 5.91 Å². The minimum Gasteiger partial charge on any atom is -0.395 e. The first-order valence-electron chi connectivity index (χ1n) is 8.22. The van der Waals surface area contributed by atoms with Crippen LogP contribution in [0.2, 0.25) is 0 Å². The van der Waals surface area contributed by atoms with Crippen LogP contribution in [-0.4, -0.2) is 70.9 Å². The quantitative estimate of drug-likeness (QED) is 0.854. The van der Waals surface area contributed by atoms with Gasteiger partial charge in [0.2, 0.25) is 0 Å². The number of hydrogen-bond donors (Lipinski definition) is 2. The summed E-state index contributed by atoms with van der Waals surface area (Å²) in [7, 11) is 1.97. The Hall–Kier alpha value is -1.43. The summed E-state index contributed by atoms with van der Waals surface area (Å²) >= 11 is 0. The maximum absolute atomic E-state index is 12.6. The van der Waals surface area contributed by atoms with E-state index < -0.39 is 5.60 Å². The summed E-state index contributed by atoms with van der Waals surface area (Å²) in [4.78, 5) is 16.5. The smallest absolute Gasteiger partial charge is 0.253 e. The van der Waals surface area contributed by atoms with Gasteiger partial charge in [-0.1, -0.05) is 12.1 Å². The SMILES string of the molecule is CN1CCN(C(=O)c2ccc(CCC(C)(C)O)cc2)CC1CO. The lowest BCUT2D eigenvalue weighted by Gasteiger charge is -2.38. The molecule has 1 saturated heterocycles. The molecule has 0 aromatic heterocycles. The molecule has 1 aliphatic heterocycles. The minimum atomic E-state index is -0.673. The van der Waals surface area contributed by atoms with Gasteiger partial charge in [-0.2, -0.15) is 0 Å². The average Bonchev–Trinajstić information content (AvgIpc) is 2.52. The van der Waals surface area contributed by atoms with Gasteiger partial charge in [0, 0.05) is 25.2 Å². The van der Waals surface area contributed by atoms with E-state index in [0.29, 0.717) is 25.1 Å². The molecule has 2 rings (SSSR count). The van der Waals surface area contributed by atoms with Crippen LogP contribution in [0, 0.1) is 0 Å². The fourth-order valence-corrected chi connectivity index (χ4v) is 2.77. The Morgan fingerprint density at radius 3 is 2.48 bits per heavy atom. The lowest BCUT2D eigenvalue weighted by molar-refractivity contribution is 0.0420. The first-order valence-corrected chi connectivity index (χ1v) is 8.22. The zero-order valence-electron chi connectivity index (χ0n) is 14.3. The first-order chi connectivity index (χ1) is 10.8. The highest BCUT2D eigenvalue weighted by molar-refractivity contribution is 5.94. The molecule has 5 nitrogen and oxygen atoms in total. The summed E-state index contributed by atoms with van der Waals surface area (Å²) in [6.45, 7) is 5.70. The summed E-state index contributed by atoms with van der Waals surface area (Å²) in [5.74, 6) is 0.0191. The predicted molar refractivity (Wildman–Crippen MR) is 90.5 cm³/mol. The standard InChI is InChI=1S/C18H28N2O3/c1-18(2,23)9-8-14-4-6-15(7-5-14)17(22)20-11-10-19(3)16(12-20)13-21/h4-7,16,21,23H,8-13H2,1-3H3. The topological polar surface area (TPSA) is 64.0 Å². The molecule has 1 amide bonds. The zero-order valence-corrected chi connectivity index (χ0v) is 14.3. The van der Waals surface area contributed by atoms with Crippen LogP contribution in [0.1, 0.15) is 36.2 Å². The molecule has 0 saturated carbocycles. The van der Waals surface area contributed by atoms with E-state index in [1.165, 1.54) is 0 Å². The van der Waals surface area contributed by atoms with Crippen molar-refractivity contribution >= 4 is 5.91 Å². The van der Waals surface area contributed by atoms with Crippen molar-refractivity contribution in [2.45, 2.75) is 38.3 Å². The van der Waals surface area contributed by atoms with E-state index >= 15 is 0 Å². The van der Waals surface area contributed by atoms with Crippen molar-refractivity contribution in [3.63, 3.8) is 0 Å². The van der Waals surface area contributed by atoms with Gasteiger partial charge in [0.15, 0.2) is 0 Å². The maximum Gasteiger partial charge on any atom is 0.253 e. The van der Waals surface area contributed by atoms with E-state index in [0.717, 1.165) is 18.5 Å². The van der Waals surface area contributed by atoms with Crippen molar-refractivity contribution < 1.29 is 15.0 Å². The molecule has 1 unspecified atom stereocenters. The normalized spacial score (nSPS) is 19.9. The Bertz CT molecular complexity index is 522. The molecule has 0 spiro atoms. The van der Waals surface area contributed by atoms with Gasteiger partial charge in [-0.25, -0.2) is 0 Å². The summed E-state index contributed by atoms with van der Waals surface area (Å²) < 4.78 is 0. The fraction of sp³-hybridized carbons (Fsp3) is 0.611. The lowest BCUT2D eigenvalue weighted by Crippen LogP contribution is -2.54. The molecular weight excluding hydrogens is 292 g/mol. The average molecular weight is 320 g/mol. The van der Waals surface area contributed by atoms with Crippen LogP contribution in [0.3, 0.4) is 0 Å². The van der Waals surface area contributed by atoms with Crippen molar-refractivity contribution in [1.82, 2.24) is 9.80 Å². The van der Waals surface area contributed by atoms with Gasteiger partial charge in [-0.05, 0) is 51.4 Å². The van der Waals surface area contributed by atoms with Crippen LogP contribution in [-0.2, 0) is 6.42 Å². The molecular formula is C18H28N2O3. The summed E-state index contributed by atoms with van der Waals surface area (Å²) in [5, 5.41) is 19.2. The number of likely N-dealkylation sites (N-methyl/N-ethyl adjacent to an activating group) is 1. The van der Waals surface area contributed by atoms with Gasteiger partial charge < -0.3 is 15.1 Å². The molecule has 1 aromatic rings. The van der Waals surface area contributed by atoms with E-state index in [4.69, 9.17) is 0 Å². The highest BCUT2D eigenvalue weighted by Crippen LogP contribution is 2.16. The molecule has 2 N–H and O–H groups in total. The Morgan fingerprint density at radius 2 is 1.91 bits per heavy atom. The predicted octanol–water partition coefficient (Wildman–Crippen LogP) is 1.14.